The van der Waals surface area contributed by atoms with Gasteiger partial charge in [0, 0.05) is 11.7 Å². The first kappa shape index (κ1) is 16.8. The van der Waals surface area contributed by atoms with Crippen molar-refractivity contribution in [2.45, 2.75) is 25.8 Å². The molecule has 24 heavy (non-hydrogen) atoms. The summed E-state index contributed by atoms with van der Waals surface area (Å²) in [5.74, 6) is -0.563. The van der Waals surface area contributed by atoms with Crippen molar-refractivity contribution in [1.29, 1.82) is 0 Å². The molecule has 0 spiro atoms. The SMILES string of the molecule is Cc1ccc(Cl)c(C(=O)Nc2ccc(Cl)c(C(=O)NC3CC3)c2)c1. The van der Waals surface area contributed by atoms with Gasteiger partial charge < -0.3 is 10.6 Å². The highest BCUT2D eigenvalue weighted by Crippen LogP contribution is 2.25. The minimum atomic E-state index is -0.334. The second-order valence-corrected chi connectivity index (χ2v) is 6.69. The van der Waals surface area contributed by atoms with Crippen LogP contribution >= 0.6 is 23.2 Å². The smallest absolute Gasteiger partial charge is 0.257 e. The zero-order valence-electron chi connectivity index (χ0n) is 13.0. The number of hydrogen-bond acceptors (Lipinski definition) is 2. The highest BCUT2D eigenvalue weighted by atomic mass is 35.5. The summed E-state index contributed by atoms with van der Waals surface area (Å²) in [4.78, 5) is 24.6. The number of benzene rings is 2. The van der Waals surface area contributed by atoms with Crippen molar-refractivity contribution >= 4 is 40.7 Å². The van der Waals surface area contributed by atoms with Crippen LogP contribution in [0.15, 0.2) is 36.4 Å². The fourth-order valence-electron chi connectivity index (χ4n) is 2.28. The number of anilines is 1. The van der Waals surface area contributed by atoms with Gasteiger partial charge in [-0.2, -0.15) is 0 Å². The third kappa shape index (κ3) is 3.89. The topological polar surface area (TPSA) is 58.2 Å². The third-order valence-corrected chi connectivity index (χ3v) is 4.41. The normalized spacial score (nSPS) is 13.5. The van der Waals surface area contributed by atoms with E-state index in [1.807, 2.05) is 13.0 Å². The first-order valence-corrected chi connectivity index (χ1v) is 8.37. The van der Waals surface area contributed by atoms with Crippen molar-refractivity contribution in [3.8, 4) is 0 Å². The van der Waals surface area contributed by atoms with Gasteiger partial charge in [0.1, 0.15) is 0 Å². The van der Waals surface area contributed by atoms with Gasteiger partial charge in [0.2, 0.25) is 0 Å². The molecule has 4 nitrogen and oxygen atoms in total. The summed E-state index contributed by atoms with van der Waals surface area (Å²) < 4.78 is 0. The minimum Gasteiger partial charge on any atom is -0.349 e. The van der Waals surface area contributed by atoms with Crippen molar-refractivity contribution in [2.75, 3.05) is 5.32 Å². The van der Waals surface area contributed by atoms with Crippen LogP contribution in [0.3, 0.4) is 0 Å². The molecule has 0 radical (unpaired) electrons. The molecule has 2 aromatic rings. The van der Waals surface area contributed by atoms with Crippen LogP contribution in [0.2, 0.25) is 10.0 Å². The van der Waals surface area contributed by atoms with Crippen LogP contribution in [0.25, 0.3) is 0 Å². The Morgan fingerprint density at radius 3 is 2.25 bits per heavy atom. The molecule has 1 aliphatic rings. The first-order chi connectivity index (χ1) is 11.4. The van der Waals surface area contributed by atoms with E-state index in [0.717, 1.165) is 18.4 Å². The molecule has 0 saturated heterocycles. The van der Waals surface area contributed by atoms with E-state index in [9.17, 15) is 9.59 Å². The summed E-state index contributed by atoms with van der Waals surface area (Å²) in [6, 6.07) is 10.3. The monoisotopic (exact) mass is 362 g/mol. The maximum atomic E-state index is 12.4. The van der Waals surface area contributed by atoms with E-state index in [4.69, 9.17) is 23.2 Å². The Morgan fingerprint density at radius 2 is 1.58 bits per heavy atom. The van der Waals surface area contributed by atoms with Crippen LogP contribution in [0, 0.1) is 6.92 Å². The van der Waals surface area contributed by atoms with E-state index in [-0.39, 0.29) is 17.9 Å². The summed E-state index contributed by atoms with van der Waals surface area (Å²) >= 11 is 12.2. The maximum Gasteiger partial charge on any atom is 0.257 e. The molecule has 0 aromatic heterocycles. The molecule has 2 amide bonds. The fourth-order valence-corrected chi connectivity index (χ4v) is 2.69. The lowest BCUT2D eigenvalue weighted by Crippen LogP contribution is -2.25. The van der Waals surface area contributed by atoms with Gasteiger partial charge in [-0.15, -0.1) is 0 Å². The fraction of sp³-hybridized carbons (Fsp3) is 0.222. The Labute approximate surface area is 150 Å². The lowest BCUT2D eigenvalue weighted by atomic mass is 10.1. The van der Waals surface area contributed by atoms with Gasteiger partial charge in [-0.05, 0) is 50.1 Å². The van der Waals surface area contributed by atoms with Crippen LogP contribution in [-0.4, -0.2) is 17.9 Å². The largest absolute Gasteiger partial charge is 0.349 e. The number of amides is 2. The van der Waals surface area contributed by atoms with Crippen molar-refractivity contribution in [2.24, 2.45) is 0 Å². The van der Waals surface area contributed by atoms with Crippen molar-refractivity contribution in [3.05, 3.63) is 63.1 Å². The van der Waals surface area contributed by atoms with Crippen LogP contribution in [0.4, 0.5) is 5.69 Å². The van der Waals surface area contributed by atoms with E-state index >= 15 is 0 Å². The van der Waals surface area contributed by atoms with E-state index in [2.05, 4.69) is 10.6 Å². The standard InChI is InChI=1S/C18H16Cl2N2O2/c1-10-2-6-15(19)13(8-10)17(23)22-12-5-7-16(20)14(9-12)18(24)21-11-3-4-11/h2,5-9,11H,3-4H2,1H3,(H,21,24)(H,22,23). The molecule has 124 valence electrons. The van der Waals surface area contributed by atoms with Crippen LogP contribution < -0.4 is 10.6 Å². The molecule has 3 rings (SSSR count). The molecule has 0 aliphatic heterocycles. The van der Waals surface area contributed by atoms with Gasteiger partial charge in [0.15, 0.2) is 0 Å². The number of aryl methyl sites for hydroxylation is 1. The zero-order valence-corrected chi connectivity index (χ0v) is 14.5. The predicted octanol–water partition coefficient (Wildman–Crippen LogP) is 4.45. The molecule has 1 aliphatic carbocycles. The number of nitrogens with one attached hydrogen (secondary N) is 2. The van der Waals surface area contributed by atoms with Crippen molar-refractivity contribution in [1.82, 2.24) is 5.32 Å². The molecule has 2 N–H and O–H groups in total. The van der Waals surface area contributed by atoms with E-state index in [0.29, 0.717) is 26.9 Å². The summed E-state index contributed by atoms with van der Waals surface area (Å²) in [5.41, 5.74) is 2.15. The zero-order chi connectivity index (χ0) is 17.3. The molecular weight excluding hydrogens is 347 g/mol. The summed E-state index contributed by atoms with van der Waals surface area (Å²) in [6.07, 6.45) is 1.98. The Morgan fingerprint density at radius 1 is 0.958 bits per heavy atom. The molecule has 2 aromatic carbocycles. The van der Waals surface area contributed by atoms with Crippen molar-refractivity contribution < 1.29 is 9.59 Å². The second-order valence-electron chi connectivity index (χ2n) is 5.88. The van der Waals surface area contributed by atoms with Crippen molar-refractivity contribution in [3.63, 3.8) is 0 Å². The molecule has 6 heteroatoms. The summed E-state index contributed by atoms with van der Waals surface area (Å²) in [5, 5.41) is 6.36. The number of carbonyl (C=O) groups is 2. The predicted molar refractivity (Wildman–Crippen MR) is 96.1 cm³/mol. The number of carbonyl (C=O) groups excluding carboxylic acids is 2. The van der Waals surface area contributed by atoms with Crippen LogP contribution in [-0.2, 0) is 0 Å². The number of hydrogen-bond donors (Lipinski definition) is 2. The highest BCUT2D eigenvalue weighted by Gasteiger charge is 2.25. The number of rotatable bonds is 4. The van der Waals surface area contributed by atoms with Crippen LogP contribution in [0.1, 0.15) is 39.1 Å². The van der Waals surface area contributed by atoms with E-state index in [1.54, 1.807) is 30.3 Å². The average molecular weight is 363 g/mol. The summed E-state index contributed by atoms with van der Waals surface area (Å²) in [6.45, 7) is 1.88. The molecule has 1 fully saturated rings. The van der Waals surface area contributed by atoms with Gasteiger partial charge in [0.05, 0.1) is 21.2 Å². The van der Waals surface area contributed by atoms with Gasteiger partial charge in [-0.25, -0.2) is 0 Å². The highest BCUT2D eigenvalue weighted by molar-refractivity contribution is 6.35. The summed E-state index contributed by atoms with van der Waals surface area (Å²) in [7, 11) is 0. The lowest BCUT2D eigenvalue weighted by Gasteiger charge is -2.11. The number of halogens is 2. The Bertz CT molecular complexity index is 817. The van der Waals surface area contributed by atoms with E-state index < -0.39 is 0 Å². The Kier molecular flexibility index (Phi) is 4.78. The van der Waals surface area contributed by atoms with E-state index in [1.165, 1.54) is 0 Å². The van der Waals surface area contributed by atoms with Gasteiger partial charge >= 0.3 is 0 Å². The lowest BCUT2D eigenvalue weighted by molar-refractivity contribution is 0.0949. The third-order valence-electron chi connectivity index (χ3n) is 3.75. The first-order valence-electron chi connectivity index (χ1n) is 7.62. The molecule has 0 bridgehead atoms. The minimum absolute atomic E-state index is 0.229. The molecular formula is C18H16Cl2N2O2. The molecule has 1 saturated carbocycles. The van der Waals surface area contributed by atoms with Gasteiger partial charge in [-0.3, -0.25) is 9.59 Å². The molecule has 0 atom stereocenters. The Hall–Kier alpha value is -2.04. The van der Waals surface area contributed by atoms with Crippen LogP contribution in [0.5, 0.6) is 0 Å². The quantitative estimate of drug-likeness (QED) is 0.843. The van der Waals surface area contributed by atoms with Gasteiger partial charge in [0.25, 0.3) is 11.8 Å². The average Bonchev–Trinajstić information content (AvgIpc) is 3.35. The molecule has 0 unspecified atom stereocenters. The second kappa shape index (κ2) is 6.83. The molecule has 0 heterocycles. The van der Waals surface area contributed by atoms with Gasteiger partial charge in [-0.1, -0.05) is 34.8 Å². The Balaban J connectivity index is 1.80. The maximum absolute atomic E-state index is 12.4.